The Morgan fingerprint density at radius 2 is 1.74 bits per heavy atom. The fourth-order valence-electron chi connectivity index (χ4n) is 2.01. The molecule has 0 aromatic rings. The maximum absolute atomic E-state index is 12.1. The lowest BCUT2D eigenvalue weighted by molar-refractivity contribution is -0.142. The van der Waals surface area contributed by atoms with Crippen molar-refractivity contribution in [2.45, 2.75) is 50.4 Å². The van der Waals surface area contributed by atoms with Crippen LogP contribution in [0, 0.1) is 0 Å². The standard InChI is InChI=1S/C15H29N5O6S/c1-8(21)12(14(24)19-10(7-27)15(25)26)20-11(22)6-18-13(23)9(17)4-2-3-5-16/h8-10,12,21,27H,2-7,16-17H2,1H3,(H,18,23)(H,19,24)(H,20,22)(H,25,26). The number of nitrogens with one attached hydrogen (secondary N) is 3. The number of carboxylic acids is 1. The SMILES string of the molecule is CC(O)C(NC(=O)CNC(=O)C(N)CCCCN)C(=O)NC(CS)C(=O)O. The summed E-state index contributed by atoms with van der Waals surface area (Å²) < 4.78 is 0. The lowest BCUT2D eigenvalue weighted by Gasteiger charge is -2.23. The van der Waals surface area contributed by atoms with E-state index in [0.29, 0.717) is 19.4 Å². The van der Waals surface area contributed by atoms with E-state index in [1.54, 1.807) is 0 Å². The van der Waals surface area contributed by atoms with Gasteiger partial charge < -0.3 is 37.6 Å². The molecule has 0 aromatic carbocycles. The molecule has 0 saturated heterocycles. The lowest BCUT2D eigenvalue weighted by atomic mass is 10.1. The number of thiol groups is 1. The van der Waals surface area contributed by atoms with E-state index in [2.05, 4.69) is 28.6 Å². The Bertz CT molecular complexity index is 519. The number of carboxylic acid groups (broad SMARTS) is 1. The van der Waals surface area contributed by atoms with Gasteiger partial charge in [-0.2, -0.15) is 12.6 Å². The van der Waals surface area contributed by atoms with Gasteiger partial charge in [-0.15, -0.1) is 0 Å². The highest BCUT2D eigenvalue weighted by Crippen LogP contribution is 1.99. The zero-order chi connectivity index (χ0) is 21.0. The van der Waals surface area contributed by atoms with Crippen molar-refractivity contribution < 1.29 is 29.4 Å². The molecule has 9 N–H and O–H groups in total. The van der Waals surface area contributed by atoms with Crippen LogP contribution in [0.2, 0.25) is 0 Å². The molecule has 0 aliphatic heterocycles. The summed E-state index contributed by atoms with van der Waals surface area (Å²) in [7, 11) is 0. The summed E-state index contributed by atoms with van der Waals surface area (Å²) in [5.74, 6) is -3.62. The quantitative estimate of drug-likeness (QED) is 0.116. The van der Waals surface area contributed by atoms with E-state index in [1.807, 2.05) is 0 Å². The molecule has 0 spiro atoms. The Hall–Kier alpha value is -1.89. The molecule has 0 bridgehead atoms. The summed E-state index contributed by atoms with van der Waals surface area (Å²) in [6, 6.07) is -3.45. The fourth-order valence-corrected chi connectivity index (χ4v) is 2.26. The van der Waals surface area contributed by atoms with Crippen LogP contribution in [0.5, 0.6) is 0 Å². The van der Waals surface area contributed by atoms with Crippen molar-refractivity contribution in [1.29, 1.82) is 0 Å². The minimum Gasteiger partial charge on any atom is -0.480 e. The molecule has 0 fully saturated rings. The predicted molar refractivity (Wildman–Crippen MR) is 101 cm³/mol. The number of hydrogen-bond acceptors (Lipinski definition) is 8. The normalized spacial score (nSPS) is 15.1. The highest BCUT2D eigenvalue weighted by molar-refractivity contribution is 7.80. The number of unbranched alkanes of at least 4 members (excludes halogenated alkanes) is 1. The molecule has 11 nitrogen and oxygen atoms in total. The molecule has 156 valence electrons. The van der Waals surface area contributed by atoms with Gasteiger partial charge in [-0.3, -0.25) is 14.4 Å². The monoisotopic (exact) mass is 407 g/mol. The zero-order valence-corrected chi connectivity index (χ0v) is 16.1. The van der Waals surface area contributed by atoms with Crippen molar-refractivity contribution >= 4 is 36.3 Å². The molecule has 0 radical (unpaired) electrons. The van der Waals surface area contributed by atoms with Crippen molar-refractivity contribution in [2.75, 3.05) is 18.8 Å². The maximum Gasteiger partial charge on any atom is 0.327 e. The number of rotatable bonds is 13. The van der Waals surface area contributed by atoms with E-state index >= 15 is 0 Å². The van der Waals surface area contributed by atoms with E-state index in [-0.39, 0.29) is 5.75 Å². The van der Waals surface area contributed by atoms with Crippen LogP contribution in [0.4, 0.5) is 0 Å². The maximum atomic E-state index is 12.1. The van der Waals surface area contributed by atoms with Crippen LogP contribution in [0.25, 0.3) is 0 Å². The Kier molecular flexibility index (Phi) is 12.4. The smallest absolute Gasteiger partial charge is 0.327 e. The van der Waals surface area contributed by atoms with E-state index in [4.69, 9.17) is 16.6 Å². The van der Waals surface area contributed by atoms with Gasteiger partial charge in [0.25, 0.3) is 0 Å². The highest BCUT2D eigenvalue weighted by Gasteiger charge is 2.29. The number of aliphatic carboxylic acids is 1. The first kappa shape index (κ1) is 25.1. The lowest BCUT2D eigenvalue weighted by Crippen LogP contribution is -2.57. The molecule has 0 rings (SSSR count). The van der Waals surface area contributed by atoms with Gasteiger partial charge >= 0.3 is 5.97 Å². The largest absolute Gasteiger partial charge is 0.480 e. The summed E-state index contributed by atoms with van der Waals surface area (Å²) in [6.07, 6.45) is 0.537. The third-order valence-corrected chi connectivity index (χ3v) is 3.97. The van der Waals surface area contributed by atoms with E-state index < -0.39 is 54.5 Å². The first-order valence-electron chi connectivity index (χ1n) is 8.48. The van der Waals surface area contributed by atoms with Gasteiger partial charge in [0.2, 0.25) is 17.7 Å². The summed E-state index contributed by atoms with van der Waals surface area (Å²) in [5, 5.41) is 25.3. The molecule has 0 saturated carbocycles. The second-order valence-corrected chi connectivity index (χ2v) is 6.34. The molecule has 3 amide bonds. The number of aliphatic hydroxyl groups is 1. The number of nitrogens with two attached hydrogens (primary N) is 2. The van der Waals surface area contributed by atoms with Crippen molar-refractivity contribution in [1.82, 2.24) is 16.0 Å². The van der Waals surface area contributed by atoms with Crippen molar-refractivity contribution in [2.24, 2.45) is 11.5 Å². The average Bonchev–Trinajstić information content (AvgIpc) is 2.61. The van der Waals surface area contributed by atoms with Crippen LogP contribution < -0.4 is 27.4 Å². The van der Waals surface area contributed by atoms with E-state index in [9.17, 15) is 24.3 Å². The van der Waals surface area contributed by atoms with Gasteiger partial charge in [0.05, 0.1) is 18.7 Å². The van der Waals surface area contributed by atoms with E-state index in [0.717, 1.165) is 6.42 Å². The minimum absolute atomic E-state index is 0.167. The van der Waals surface area contributed by atoms with E-state index in [1.165, 1.54) is 6.92 Å². The Morgan fingerprint density at radius 1 is 1.11 bits per heavy atom. The Morgan fingerprint density at radius 3 is 2.22 bits per heavy atom. The number of carbonyl (C=O) groups excluding carboxylic acids is 3. The number of aliphatic hydroxyl groups excluding tert-OH is 1. The number of amides is 3. The van der Waals surface area contributed by atoms with Gasteiger partial charge in [-0.25, -0.2) is 4.79 Å². The summed E-state index contributed by atoms with van der Waals surface area (Å²) in [5.41, 5.74) is 11.0. The van der Waals surface area contributed by atoms with Crippen molar-refractivity contribution in [3.05, 3.63) is 0 Å². The third-order valence-electron chi connectivity index (χ3n) is 3.61. The highest BCUT2D eigenvalue weighted by atomic mass is 32.1. The topological polar surface area (TPSA) is 197 Å². The van der Waals surface area contributed by atoms with Gasteiger partial charge in [0.1, 0.15) is 12.1 Å². The molecule has 27 heavy (non-hydrogen) atoms. The second-order valence-electron chi connectivity index (χ2n) is 5.98. The van der Waals surface area contributed by atoms with Crippen LogP contribution in [0.3, 0.4) is 0 Å². The van der Waals surface area contributed by atoms with Crippen LogP contribution in [-0.4, -0.2) is 77.0 Å². The minimum atomic E-state index is -1.39. The van der Waals surface area contributed by atoms with Crippen LogP contribution in [-0.2, 0) is 19.2 Å². The van der Waals surface area contributed by atoms with Gasteiger partial charge in [0.15, 0.2) is 0 Å². The summed E-state index contributed by atoms with van der Waals surface area (Å²) >= 11 is 3.81. The molecule has 0 aliphatic rings. The number of carbonyl (C=O) groups is 4. The van der Waals surface area contributed by atoms with Crippen LogP contribution >= 0.6 is 12.6 Å². The van der Waals surface area contributed by atoms with Crippen molar-refractivity contribution in [3.63, 3.8) is 0 Å². The Labute approximate surface area is 163 Å². The Balaban J connectivity index is 4.57. The molecule has 0 aromatic heterocycles. The molecule has 4 atom stereocenters. The zero-order valence-electron chi connectivity index (χ0n) is 15.2. The van der Waals surface area contributed by atoms with Crippen LogP contribution in [0.15, 0.2) is 0 Å². The molecular formula is C15H29N5O6S. The van der Waals surface area contributed by atoms with Crippen molar-refractivity contribution in [3.8, 4) is 0 Å². The second kappa shape index (κ2) is 13.3. The van der Waals surface area contributed by atoms with Gasteiger partial charge in [0, 0.05) is 5.75 Å². The third kappa shape index (κ3) is 10.1. The predicted octanol–water partition coefficient (Wildman–Crippen LogP) is -3.08. The molecular weight excluding hydrogens is 378 g/mol. The van der Waals surface area contributed by atoms with Crippen LogP contribution in [0.1, 0.15) is 26.2 Å². The summed E-state index contributed by atoms with van der Waals surface area (Å²) in [4.78, 5) is 46.8. The summed E-state index contributed by atoms with van der Waals surface area (Å²) in [6.45, 7) is 1.30. The molecule has 4 unspecified atom stereocenters. The first-order valence-corrected chi connectivity index (χ1v) is 9.12. The van der Waals surface area contributed by atoms with Gasteiger partial charge in [-0.05, 0) is 26.3 Å². The molecule has 0 heterocycles. The fraction of sp³-hybridized carbons (Fsp3) is 0.733. The number of hydrogen-bond donors (Lipinski definition) is 8. The average molecular weight is 407 g/mol. The first-order chi connectivity index (χ1) is 12.6. The molecule has 0 aliphatic carbocycles. The molecule has 12 heteroatoms. The van der Waals surface area contributed by atoms with Gasteiger partial charge in [-0.1, -0.05) is 6.42 Å².